The zero-order chi connectivity index (χ0) is 13.3. The number of benzene rings is 1. The van der Waals surface area contributed by atoms with Crippen molar-refractivity contribution < 1.29 is 17.6 Å². The lowest BCUT2D eigenvalue weighted by molar-refractivity contribution is -0.139. The molecule has 1 heterocycles. The maximum absolute atomic E-state index is 13.0. The highest BCUT2D eigenvalue weighted by Gasteiger charge is 2.34. The summed E-state index contributed by atoms with van der Waals surface area (Å²) >= 11 is 5.84. The molecule has 0 spiro atoms. The Bertz CT molecular complexity index is 617. The van der Waals surface area contributed by atoms with E-state index in [1.165, 1.54) is 6.07 Å². The Balaban J connectivity index is 2.33. The third kappa shape index (κ3) is 2.85. The Morgan fingerprint density at radius 1 is 1.33 bits per heavy atom. The molecule has 0 saturated carbocycles. The predicted octanol–water partition coefficient (Wildman–Crippen LogP) is 4.10. The highest BCUT2D eigenvalue weighted by atomic mass is 32.1. The van der Waals surface area contributed by atoms with E-state index < -0.39 is 17.6 Å². The van der Waals surface area contributed by atoms with Gasteiger partial charge >= 0.3 is 6.18 Å². The molecule has 0 amide bonds. The highest BCUT2D eigenvalue weighted by molar-refractivity contribution is 7.73. The molecule has 0 aliphatic heterocycles. The zero-order valence-electron chi connectivity index (χ0n) is 8.51. The number of halogens is 4. The number of rotatable bonds is 2. The van der Waals surface area contributed by atoms with Crippen LogP contribution in [0.5, 0.6) is 0 Å². The van der Waals surface area contributed by atoms with Crippen LogP contribution in [0.1, 0.15) is 5.56 Å². The molecule has 0 radical (unpaired) electrons. The van der Waals surface area contributed by atoms with Gasteiger partial charge in [0, 0.05) is 5.69 Å². The SMILES string of the molecule is Fc1ccc(Nc2n[nH]c(=S)s2)cc1C(F)(F)F. The normalized spacial score (nSPS) is 11.6. The Kier molecular flexibility index (Phi) is 3.35. The largest absolute Gasteiger partial charge is 0.419 e. The first kappa shape index (κ1) is 13.0. The molecule has 0 aliphatic carbocycles. The van der Waals surface area contributed by atoms with Crippen molar-refractivity contribution >= 4 is 34.4 Å². The molecule has 1 aromatic carbocycles. The summed E-state index contributed by atoms with van der Waals surface area (Å²) in [4.78, 5) is 0. The molecule has 0 bridgehead atoms. The van der Waals surface area contributed by atoms with Crippen molar-refractivity contribution in [3.8, 4) is 0 Å². The summed E-state index contributed by atoms with van der Waals surface area (Å²) in [6.07, 6.45) is -4.74. The minimum Gasteiger partial charge on any atom is -0.330 e. The lowest BCUT2D eigenvalue weighted by Gasteiger charge is -2.10. The Morgan fingerprint density at radius 3 is 2.61 bits per heavy atom. The molecule has 18 heavy (non-hydrogen) atoms. The van der Waals surface area contributed by atoms with Crippen LogP contribution in [0.3, 0.4) is 0 Å². The number of nitrogens with zero attached hydrogens (tertiary/aromatic N) is 1. The standard InChI is InChI=1S/C9H5F4N3S2/c10-6-2-1-4(3-5(6)9(11,12)13)14-7-15-16-8(17)18-7/h1-3H,(H,14,15)(H,16,17). The van der Waals surface area contributed by atoms with E-state index in [9.17, 15) is 17.6 Å². The molecule has 9 heteroatoms. The number of hydrogen-bond acceptors (Lipinski definition) is 4. The summed E-state index contributed by atoms with van der Waals surface area (Å²) in [5, 5.41) is 9.11. The first-order chi connectivity index (χ1) is 8.36. The van der Waals surface area contributed by atoms with Gasteiger partial charge in [-0.05, 0) is 30.4 Å². The molecule has 0 unspecified atom stereocenters. The smallest absolute Gasteiger partial charge is 0.330 e. The van der Waals surface area contributed by atoms with Gasteiger partial charge < -0.3 is 5.32 Å². The fraction of sp³-hybridized carbons (Fsp3) is 0.111. The van der Waals surface area contributed by atoms with E-state index in [0.29, 0.717) is 15.2 Å². The van der Waals surface area contributed by atoms with Crippen molar-refractivity contribution in [2.75, 3.05) is 5.32 Å². The third-order valence-corrected chi connectivity index (χ3v) is 2.97. The van der Waals surface area contributed by atoms with Crippen molar-refractivity contribution in [3.63, 3.8) is 0 Å². The molecule has 0 aliphatic rings. The highest BCUT2D eigenvalue weighted by Crippen LogP contribution is 2.33. The molecular weight excluding hydrogens is 290 g/mol. The van der Waals surface area contributed by atoms with Gasteiger partial charge in [0.05, 0.1) is 5.56 Å². The van der Waals surface area contributed by atoms with Gasteiger partial charge in [0.1, 0.15) is 5.82 Å². The minimum absolute atomic E-state index is 0.0847. The number of alkyl halides is 3. The van der Waals surface area contributed by atoms with Crippen LogP contribution in [0, 0.1) is 9.77 Å². The molecule has 2 N–H and O–H groups in total. The second-order valence-corrected chi connectivity index (χ2v) is 4.90. The Morgan fingerprint density at radius 2 is 2.06 bits per heavy atom. The maximum Gasteiger partial charge on any atom is 0.419 e. The first-order valence-corrected chi connectivity index (χ1v) is 5.78. The van der Waals surface area contributed by atoms with E-state index in [4.69, 9.17) is 12.2 Å². The summed E-state index contributed by atoms with van der Waals surface area (Å²) in [7, 11) is 0. The number of hydrogen-bond donors (Lipinski definition) is 2. The second-order valence-electron chi connectivity index (χ2n) is 3.24. The van der Waals surface area contributed by atoms with E-state index in [-0.39, 0.29) is 5.69 Å². The van der Waals surface area contributed by atoms with Gasteiger partial charge in [0.15, 0.2) is 3.95 Å². The maximum atomic E-state index is 13.0. The average molecular weight is 295 g/mol. The number of aromatic amines is 1. The zero-order valence-corrected chi connectivity index (χ0v) is 10.1. The van der Waals surface area contributed by atoms with Gasteiger partial charge in [0.2, 0.25) is 5.13 Å². The van der Waals surface area contributed by atoms with Crippen LogP contribution >= 0.6 is 23.6 Å². The fourth-order valence-corrected chi connectivity index (χ4v) is 2.04. The summed E-state index contributed by atoms with van der Waals surface area (Å²) in [5.74, 6) is -1.32. The van der Waals surface area contributed by atoms with Gasteiger partial charge in [-0.15, -0.1) is 5.10 Å². The Hall–Kier alpha value is -1.48. The lowest BCUT2D eigenvalue weighted by atomic mass is 10.2. The van der Waals surface area contributed by atoms with Crippen LogP contribution in [-0.4, -0.2) is 10.2 Å². The summed E-state index contributed by atoms with van der Waals surface area (Å²) in [6, 6.07) is 2.62. The van der Waals surface area contributed by atoms with Crippen molar-refractivity contribution in [3.05, 3.63) is 33.5 Å². The van der Waals surface area contributed by atoms with E-state index in [1.807, 2.05) is 0 Å². The molecular formula is C9H5F4N3S2. The van der Waals surface area contributed by atoms with Crippen LogP contribution in [0.2, 0.25) is 0 Å². The van der Waals surface area contributed by atoms with Gasteiger partial charge in [-0.25, -0.2) is 4.39 Å². The average Bonchev–Trinajstić information content (AvgIpc) is 2.65. The molecule has 2 rings (SSSR count). The lowest BCUT2D eigenvalue weighted by Crippen LogP contribution is -2.08. The van der Waals surface area contributed by atoms with E-state index in [2.05, 4.69) is 15.5 Å². The van der Waals surface area contributed by atoms with Crippen molar-refractivity contribution in [2.24, 2.45) is 0 Å². The summed E-state index contributed by atoms with van der Waals surface area (Å²) in [5.41, 5.74) is -1.24. The topological polar surface area (TPSA) is 40.7 Å². The first-order valence-electron chi connectivity index (χ1n) is 4.55. The number of H-pyrrole nitrogens is 1. The summed E-state index contributed by atoms with van der Waals surface area (Å²) in [6.45, 7) is 0. The Labute approximate surface area is 107 Å². The molecule has 1 aromatic heterocycles. The molecule has 96 valence electrons. The van der Waals surface area contributed by atoms with Gasteiger partial charge in [-0.1, -0.05) is 11.3 Å². The molecule has 2 aromatic rings. The number of nitrogens with one attached hydrogen (secondary N) is 2. The van der Waals surface area contributed by atoms with E-state index in [0.717, 1.165) is 17.4 Å². The molecule has 0 saturated heterocycles. The van der Waals surface area contributed by atoms with Crippen LogP contribution < -0.4 is 5.32 Å². The van der Waals surface area contributed by atoms with Crippen LogP contribution in [0.15, 0.2) is 18.2 Å². The van der Waals surface area contributed by atoms with Crippen molar-refractivity contribution in [2.45, 2.75) is 6.18 Å². The fourth-order valence-electron chi connectivity index (χ4n) is 1.23. The minimum atomic E-state index is -4.74. The van der Waals surface area contributed by atoms with Crippen LogP contribution in [0.25, 0.3) is 0 Å². The number of aromatic nitrogens is 2. The van der Waals surface area contributed by atoms with Crippen molar-refractivity contribution in [1.82, 2.24) is 10.2 Å². The molecule has 0 atom stereocenters. The predicted molar refractivity (Wildman–Crippen MR) is 62.0 cm³/mol. The number of anilines is 2. The molecule has 3 nitrogen and oxygen atoms in total. The van der Waals surface area contributed by atoms with E-state index >= 15 is 0 Å². The summed E-state index contributed by atoms with van der Waals surface area (Å²) < 4.78 is 50.8. The van der Waals surface area contributed by atoms with Crippen LogP contribution in [0.4, 0.5) is 28.4 Å². The van der Waals surface area contributed by atoms with Gasteiger partial charge in [-0.3, -0.25) is 5.10 Å². The monoisotopic (exact) mass is 295 g/mol. The van der Waals surface area contributed by atoms with E-state index in [1.54, 1.807) is 0 Å². The van der Waals surface area contributed by atoms with Crippen LogP contribution in [-0.2, 0) is 6.18 Å². The quantitative estimate of drug-likeness (QED) is 0.647. The van der Waals surface area contributed by atoms with Gasteiger partial charge in [-0.2, -0.15) is 13.2 Å². The third-order valence-electron chi connectivity index (χ3n) is 1.96. The second kappa shape index (κ2) is 4.65. The van der Waals surface area contributed by atoms with Gasteiger partial charge in [0.25, 0.3) is 0 Å². The van der Waals surface area contributed by atoms with Crippen molar-refractivity contribution in [1.29, 1.82) is 0 Å². The molecule has 0 fully saturated rings.